The lowest BCUT2D eigenvalue weighted by atomic mass is 9.44. The predicted molar refractivity (Wildman–Crippen MR) is 160 cm³/mol. The van der Waals surface area contributed by atoms with Crippen molar-refractivity contribution in [3.8, 4) is 5.75 Å². The van der Waals surface area contributed by atoms with Gasteiger partial charge in [-0.1, -0.05) is 39.8 Å². The second-order valence-electron chi connectivity index (χ2n) is 13.5. The lowest BCUT2D eigenvalue weighted by molar-refractivity contribution is -0.207. The van der Waals surface area contributed by atoms with E-state index in [0.29, 0.717) is 16.3 Å². The number of hydrogen-bond donors (Lipinski definition) is 3. The average molecular weight is 617 g/mol. The number of fused-ring (bicyclic) bond motifs is 1. The Balaban J connectivity index is 1.42. The van der Waals surface area contributed by atoms with Crippen LogP contribution in [-0.2, 0) is 24.3 Å². The van der Waals surface area contributed by atoms with Crippen LogP contribution in [0.5, 0.6) is 5.75 Å². The monoisotopic (exact) mass is 616 g/mol. The van der Waals surface area contributed by atoms with Crippen molar-refractivity contribution in [1.29, 1.82) is 0 Å². The molecular weight excluding hydrogens is 575 g/mol. The molecule has 0 amide bonds. The number of hydrogen-bond acceptors (Lipinski definition) is 10. The first-order chi connectivity index (χ1) is 20.0. The third-order valence-corrected chi connectivity index (χ3v) is 12.1. The summed E-state index contributed by atoms with van der Waals surface area (Å²) in [5.74, 6) is -1.65. The molecule has 5 rings (SSSR count). The molecule has 0 radical (unpaired) electrons. The molecular formula is C30H41BN2O9S. The van der Waals surface area contributed by atoms with Gasteiger partial charge in [-0.25, -0.2) is 17.5 Å². The maximum atomic E-state index is 13.6. The molecule has 1 aliphatic heterocycles. The number of carbonyl (C=O) groups is 2. The van der Waals surface area contributed by atoms with Crippen molar-refractivity contribution in [2.24, 2.45) is 39.1 Å². The van der Waals surface area contributed by atoms with Crippen molar-refractivity contribution in [3.63, 3.8) is 0 Å². The fourth-order valence-corrected chi connectivity index (χ4v) is 9.07. The Morgan fingerprint density at radius 2 is 1.95 bits per heavy atom. The molecule has 0 unspecified atom stereocenters. The van der Waals surface area contributed by atoms with E-state index in [2.05, 4.69) is 18.6 Å². The van der Waals surface area contributed by atoms with Crippen LogP contribution in [0.25, 0.3) is 0 Å². The van der Waals surface area contributed by atoms with E-state index >= 15 is 0 Å². The van der Waals surface area contributed by atoms with Gasteiger partial charge in [0.05, 0.1) is 18.6 Å². The van der Waals surface area contributed by atoms with Crippen molar-refractivity contribution in [1.82, 2.24) is 4.33 Å². The summed E-state index contributed by atoms with van der Waals surface area (Å²) in [4.78, 5) is 27.0. The highest BCUT2D eigenvalue weighted by Crippen LogP contribution is 2.68. The molecule has 9 atom stereocenters. The molecule has 11 nitrogen and oxygen atoms in total. The Morgan fingerprint density at radius 3 is 2.60 bits per heavy atom. The number of ketones is 1. The first-order valence-electron chi connectivity index (χ1n) is 14.7. The van der Waals surface area contributed by atoms with Gasteiger partial charge in [0.2, 0.25) is 10.0 Å². The second kappa shape index (κ2) is 10.7. The van der Waals surface area contributed by atoms with E-state index in [9.17, 15) is 33.2 Å². The number of Topliss-reactive ketones (excluding diaryl/α,β-unsaturated/α-hetero) is 1. The summed E-state index contributed by atoms with van der Waals surface area (Å²) < 4.78 is 36.4. The zero-order chi connectivity index (χ0) is 31.7. The molecule has 0 spiro atoms. The summed E-state index contributed by atoms with van der Waals surface area (Å²) in [7, 11) is -5.38. The van der Waals surface area contributed by atoms with E-state index < -0.39 is 70.1 Å². The zero-order valence-corrected chi connectivity index (χ0v) is 26.1. The molecule has 3 fully saturated rings. The molecule has 4 aliphatic rings. The van der Waals surface area contributed by atoms with E-state index in [1.54, 1.807) is 18.2 Å². The van der Waals surface area contributed by atoms with Gasteiger partial charge >= 0.3 is 13.0 Å². The molecule has 3 aliphatic carbocycles. The van der Waals surface area contributed by atoms with Gasteiger partial charge in [0.25, 0.3) is 0 Å². The third-order valence-electron chi connectivity index (χ3n) is 11.2. The van der Waals surface area contributed by atoms with Crippen molar-refractivity contribution in [3.05, 3.63) is 36.4 Å². The SMILES string of the molecule is C=C[C@]1(C)C[C@@H](OC(=O)COc2ccc3c(c2)B(O)N(S(C)(=O)=O)N=C3)[C@@]2(C)[C@@H]3C(=O)[C@@H](O)C[C@@]3(CC[C@@H]2C)[C@@H](C)[C@@H]1O. The molecule has 43 heavy (non-hydrogen) atoms. The topological polar surface area (TPSA) is 163 Å². The summed E-state index contributed by atoms with van der Waals surface area (Å²) in [6.07, 6.45) is 3.07. The lowest BCUT2D eigenvalue weighted by Crippen LogP contribution is -2.63. The third kappa shape index (κ3) is 4.92. The van der Waals surface area contributed by atoms with Gasteiger partial charge < -0.3 is 24.7 Å². The summed E-state index contributed by atoms with van der Waals surface area (Å²) >= 11 is 0. The van der Waals surface area contributed by atoms with Crippen LogP contribution >= 0.6 is 0 Å². The molecule has 1 aromatic rings. The number of benzene rings is 1. The summed E-state index contributed by atoms with van der Waals surface area (Å²) in [6.45, 7) is 11.4. The van der Waals surface area contributed by atoms with Crippen molar-refractivity contribution < 1.29 is 42.7 Å². The molecule has 0 saturated heterocycles. The van der Waals surface area contributed by atoms with Gasteiger partial charge in [-0.2, -0.15) is 5.10 Å². The van der Waals surface area contributed by atoms with Crippen molar-refractivity contribution >= 4 is 40.5 Å². The van der Waals surface area contributed by atoms with Crippen molar-refractivity contribution in [2.45, 2.75) is 71.7 Å². The molecule has 234 valence electrons. The Labute approximate surface area is 253 Å². The highest BCUT2D eigenvalue weighted by molar-refractivity contribution is 7.89. The normalized spacial score (nSPS) is 38.9. The Kier molecular flexibility index (Phi) is 7.89. The standard InChI is InChI=1S/C30H41BN2O9S/c1-7-28(4)14-23(29(5)17(2)10-11-30(18(3)27(28)37)13-22(34)25(36)26(29)30)42-24(35)16-41-20-9-8-19-15-32-33(43(6,39)40)31(38)21(19)12-20/h7-9,12,15,17-18,22-23,26-27,34,37-38H,1,10-11,13-14,16H2,2-6H3/t17-,18-,22-,23+,26-,27-,28+,29-,30-/m0/s1. The Morgan fingerprint density at radius 1 is 1.26 bits per heavy atom. The van der Waals surface area contributed by atoms with Crippen LogP contribution in [0.4, 0.5) is 0 Å². The molecule has 3 N–H and O–H groups in total. The number of hydrazone groups is 1. The van der Waals surface area contributed by atoms with Crippen LogP contribution in [0, 0.1) is 34.0 Å². The predicted octanol–water partition coefficient (Wildman–Crippen LogP) is 1.24. The minimum atomic E-state index is -3.82. The lowest BCUT2D eigenvalue weighted by Gasteiger charge is -2.61. The molecule has 13 heteroatoms. The van der Waals surface area contributed by atoms with E-state index in [1.807, 2.05) is 20.8 Å². The largest absolute Gasteiger partial charge is 0.484 e. The summed E-state index contributed by atoms with van der Waals surface area (Å²) in [5.41, 5.74) is -1.55. The van der Waals surface area contributed by atoms with Crippen LogP contribution in [-0.4, -0.2) is 84.2 Å². The van der Waals surface area contributed by atoms with Crippen LogP contribution in [0.1, 0.15) is 58.9 Å². The van der Waals surface area contributed by atoms with Crippen molar-refractivity contribution in [2.75, 3.05) is 12.9 Å². The Bertz CT molecular complexity index is 1470. The molecule has 3 saturated carbocycles. The maximum Gasteiger partial charge on any atom is 0.484 e. The molecule has 1 aromatic carbocycles. The van der Waals surface area contributed by atoms with Gasteiger partial charge in [0.1, 0.15) is 18.0 Å². The minimum Gasteiger partial charge on any atom is -0.482 e. The quantitative estimate of drug-likeness (QED) is 0.243. The van der Waals surface area contributed by atoms with Gasteiger partial charge in [0, 0.05) is 16.7 Å². The number of aliphatic hydroxyl groups excluding tert-OH is 2. The highest BCUT2D eigenvalue weighted by atomic mass is 32.2. The van der Waals surface area contributed by atoms with E-state index in [-0.39, 0.29) is 41.7 Å². The van der Waals surface area contributed by atoms with Gasteiger partial charge in [-0.15, -0.1) is 6.58 Å². The number of rotatable bonds is 6. The van der Waals surface area contributed by atoms with Gasteiger partial charge in [-0.3, -0.25) is 4.79 Å². The number of ether oxygens (including phenoxy) is 2. The van der Waals surface area contributed by atoms with Crippen LogP contribution in [0.15, 0.2) is 36.0 Å². The van der Waals surface area contributed by atoms with E-state index in [4.69, 9.17) is 9.47 Å². The van der Waals surface area contributed by atoms with Crippen LogP contribution in [0.3, 0.4) is 0 Å². The molecule has 2 bridgehead atoms. The number of nitrogens with zero attached hydrogens (tertiary/aromatic N) is 2. The van der Waals surface area contributed by atoms with Gasteiger partial charge in [0.15, 0.2) is 12.4 Å². The first-order valence-corrected chi connectivity index (χ1v) is 16.6. The fraction of sp³-hybridized carbons (Fsp3) is 0.633. The molecule has 1 heterocycles. The average Bonchev–Trinajstić information content (AvgIpc) is 3.22. The number of aliphatic hydroxyl groups is 2. The number of esters is 1. The Hall–Kier alpha value is -2.74. The minimum absolute atomic E-state index is 0.0170. The van der Waals surface area contributed by atoms with Crippen LogP contribution in [0.2, 0.25) is 0 Å². The number of carbonyl (C=O) groups excluding carboxylic acids is 2. The number of sulfonamides is 1. The summed E-state index contributed by atoms with van der Waals surface area (Å²) in [6, 6.07) is 4.60. The maximum absolute atomic E-state index is 13.6. The summed E-state index contributed by atoms with van der Waals surface area (Å²) in [5, 5.41) is 36.9. The zero-order valence-electron chi connectivity index (χ0n) is 25.3. The van der Waals surface area contributed by atoms with E-state index in [1.165, 1.54) is 12.3 Å². The van der Waals surface area contributed by atoms with Crippen LogP contribution < -0.4 is 10.2 Å². The van der Waals surface area contributed by atoms with E-state index in [0.717, 1.165) is 12.7 Å². The smallest absolute Gasteiger partial charge is 0.482 e. The fourth-order valence-electron chi connectivity index (χ4n) is 8.37. The molecule has 0 aromatic heterocycles. The second-order valence-corrected chi connectivity index (χ2v) is 15.3. The highest BCUT2D eigenvalue weighted by Gasteiger charge is 2.70. The van der Waals surface area contributed by atoms with Gasteiger partial charge in [-0.05, 0) is 66.1 Å². The first kappa shape index (κ1) is 31.7.